The van der Waals surface area contributed by atoms with Crippen molar-refractivity contribution in [3.63, 3.8) is 0 Å². The highest BCUT2D eigenvalue weighted by Crippen LogP contribution is 2.37. The Bertz CT molecular complexity index is 821. The quantitative estimate of drug-likeness (QED) is 0.907. The standard InChI is InChI=1S/C17H16FN3O3/c1-21(2)12-5-3-4-10(6-12)17(23)20-14-8-11(18)7-13-16(14)24-9-15(22)19-13/h3-8H,9H2,1-2H3,(H,19,22)(H,20,23). The number of carbonyl (C=O) groups is 2. The minimum atomic E-state index is -0.586. The van der Waals surface area contributed by atoms with Crippen molar-refractivity contribution in [3.05, 3.63) is 47.8 Å². The molecule has 3 rings (SSSR count). The Balaban J connectivity index is 1.90. The molecular formula is C17H16FN3O3. The summed E-state index contributed by atoms with van der Waals surface area (Å²) in [5.41, 5.74) is 1.67. The topological polar surface area (TPSA) is 70.7 Å². The number of halogens is 1. The lowest BCUT2D eigenvalue weighted by Crippen LogP contribution is -2.26. The summed E-state index contributed by atoms with van der Waals surface area (Å²) in [6, 6.07) is 9.33. The number of hydrogen-bond donors (Lipinski definition) is 2. The molecule has 1 heterocycles. The van der Waals surface area contributed by atoms with Gasteiger partial charge >= 0.3 is 0 Å². The molecule has 2 N–H and O–H groups in total. The molecule has 0 atom stereocenters. The average Bonchev–Trinajstić information content (AvgIpc) is 2.54. The Hall–Kier alpha value is -3.09. The van der Waals surface area contributed by atoms with Gasteiger partial charge in [0.15, 0.2) is 12.4 Å². The molecular weight excluding hydrogens is 313 g/mol. The molecule has 2 aromatic rings. The first kappa shape index (κ1) is 15.8. The van der Waals surface area contributed by atoms with Crippen LogP contribution in [0.25, 0.3) is 0 Å². The predicted octanol–water partition coefficient (Wildman–Crippen LogP) is 2.47. The summed E-state index contributed by atoms with van der Waals surface area (Å²) in [6.07, 6.45) is 0. The van der Waals surface area contributed by atoms with Crippen molar-refractivity contribution in [2.45, 2.75) is 0 Å². The first-order chi connectivity index (χ1) is 11.4. The van der Waals surface area contributed by atoms with E-state index in [4.69, 9.17) is 4.74 Å². The summed E-state index contributed by atoms with van der Waals surface area (Å²) in [5, 5.41) is 5.15. The van der Waals surface area contributed by atoms with E-state index in [1.54, 1.807) is 18.2 Å². The molecule has 0 radical (unpaired) electrons. The van der Waals surface area contributed by atoms with Crippen molar-refractivity contribution in [1.82, 2.24) is 0 Å². The van der Waals surface area contributed by atoms with Gasteiger partial charge in [-0.1, -0.05) is 6.07 Å². The number of anilines is 3. The van der Waals surface area contributed by atoms with E-state index in [0.717, 1.165) is 17.8 Å². The molecule has 0 fully saturated rings. The van der Waals surface area contributed by atoms with Crippen molar-refractivity contribution < 1.29 is 18.7 Å². The van der Waals surface area contributed by atoms with Gasteiger partial charge in [0.2, 0.25) is 0 Å². The second kappa shape index (κ2) is 6.19. The molecule has 124 valence electrons. The molecule has 0 saturated carbocycles. The average molecular weight is 329 g/mol. The second-order valence-corrected chi connectivity index (χ2v) is 5.57. The van der Waals surface area contributed by atoms with Crippen molar-refractivity contribution in [2.24, 2.45) is 0 Å². The molecule has 0 bridgehead atoms. The number of ether oxygens (including phenoxy) is 1. The van der Waals surface area contributed by atoms with Crippen molar-refractivity contribution >= 4 is 28.9 Å². The highest BCUT2D eigenvalue weighted by atomic mass is 19.1. The van der Waals surface area contributed by atoms with E-state index in [1.165, 1.54) is 0 Å². The number of hydrogen-bond acceptors (Lipinski definition) is 4. The van der Waals surface area contributed by atoms with Gasteiger partial charge in [0.25, 0.3) is 11.8 Å². The lowest BCUT2D eigenvalue weighted by molar-refractivity contribution is -0.118. The smallest absolute Gasteiger partial charge is 0.262 e. The van der Waals surface area contributed by atoms with Crippen LogP contribution in [0, 0.1) is 5.82 Å². The third-order valence-electron chi connectivity index (χ3n) is 3.55. The lowest BCUT2D eigenvalue weighted by Gasteiger charge is -2.21. The normalized spacial score (nSPS) is 12.7. The van der Waals surface area contributed by atoms with Gasteiger partial charge in [-0.05, 0) is 18.2 Å². The minimum absolute atomic E-state index is 0.172. The first-order valence-corrected chi connectivity index (χ1v) is 7.29. The number of nitrogens with zero attached hydrogens (tertiary/aromatic N) is 1. The fourth-order valence-electron chi connectivity index (χ4n) is 2.38. The highest BCUT2D eigenvalue weighted by Gasteiger charge is 2.22. The van der Waals surface area contributed by atoms with E-state index < -0.39 is 11.7 Å². The van der Waals surface area contributed by atoms with Crippen LogP contribution in [0.4, 0.5) is 21.5 Å². The summed E-state index contributed by atoms with van der Waals surface area (Å²) < 4.78 is 19.1. The summed E-state index contributed by atoms with van der Waals surface area (Å²) in [4.78, 5) is 25.7. The Morgan fingerprint density at radius 2 is 2.08 bits per heavy atom. The van der Waals surface area contributed by atoms with Gasteiger partial charge in [-0.15, -0.1) is 0 Å². The molecule has 6 nitrogen and oxygen atoms in total. The van der Waals surface area contributed by atoms with E-state index in [0.29, 0.717) is 5.56 Å². The van der Waals surface area contributed by atoms with E-state index in [-0.39, 0.29) is 29.6 Å². The zero-order valence-corrected chi connectivity index (χ0v) is 13.2. The number of carbonyl (C=O) groups excluding carboxylic acids is 2. The van der Waals surface area contributed by atoms with Crippen LogP contribution in [-0.4, -0.2) is 32.5 Å². The highest BCUT2D eigenvalue weighted by molar-refractivity contribution is 6.07. The fraction of sp³-hybridized carbons (Fsp3) is 0.176. The van der Waals surface area contributed by atoms with Gasteiger partial charge < -0.3 is 20.3 Å². The lowest BCUT2D eigenvalue weighted by atomic mass is 10.1. The maximum absolute atomic E-state index is 13.7. The van der Waals surface area contributed by atoms with Gasteiger partial charge in [0.1, 0.15) is 5.82 Å². The monoisotopic (exact) mass is 329 g/mol. The van der Waals surface area contributed by atoms with Crippen molar-refractivity contribution in [2.75, 3.05) is 36.2 Å². The molecule has 1 aliphatic rings. The first-order valence-electron chi connectivity index (χ1n) is 7.29. The Labute approximate surface area is 138 Å². The molecule has 0 spiro atoms. The fourth-order valence-corrected chi connectivity index (χ4v) is 2.38. The van der Waals surface area contributed by atoms with Crippen LogP contribution in [0.15, 0.2) is 36.4 Å². The van der Waals surface area contributed by atoms with Gasteiger partial charge in [-0.3, -0.25) is 9.59 Å². The van der Waals surface area contributed by atoms with Gasteiger partial charge in [0, 0.05) is 37.5 Å². The van der Waals surface area contributed by atoms with Gasteiger partial charge in [0.05, 0.1) is 11.4 Å². The zero-order valence-electron chi connectivity index (χ0n) is 13.2. The summed E-state index contributed by atoms with van der Waals surface area (Å²) in [6.45, 7) is -0.183. The Morgan fingerprint density at radius 1 is 1.29 bits per heavy atom. The van der Waals surface area contributed by atoms with E-state index in [1.807, 2.05) is 25.1 Å². The number of rotatable bonds is 3. The van der Waals surface area contributed by atoms with Crippen LogP contribution < -0.4 is 20.3 Å². The van der Waals surface area contributed by atoms with Crippen molar-refractivity contribution in [1.29, 1.82) is 0 Å². The van der Waals surface area contributed by atoms with Gasteiger partial charge in [-0.25, -0.2) is 4.39 Å². The van der Waals surface area contributed by atoms with E-state index >= 15 is 0 Å². The van der Waals surface area contributed by atoms with Crippen molar-refractivity contribution in [3.8, 4) is 5.75 Å². The molecule has 0 aromatic heterocycles. The summed E-state index contributed by atoms with van der Waals surface area (Å²) in [5.74, 6) is -1.11. The SMILES string of the molecule is CN(C)c1cccc(C(=O)Nc2cc(F)cc3c2OCC(=O)N3)c1. The molecule has 0 aliphatic carbocycles. The van der Waals surface area contributed by atoms with Gasteiger partial charge in [-0.2, -0.15) is 0 Å². The van der Waals surface area contributed by atoms with Crippen LogP contribution >= 0.6 is 0 Å². The van der Waals surface area contributed by atoms with E-state index in [9.17, 15) is 14.0 Å². The molecule has 0 saturated heterocycles. The Kier molecular flexibility index (Phi) is 4.07. The molecule has 2 aromatic carbocycles. The largest absolute Gasteiger partial charge is 0.479 e. The minimum Gasteiger partial charge on any atom is -0.479 e. The van der Waals surface area contributed by atoms with Crippen LogP contribution in [0.2, 0.25) is 0 Å². The van der Waals surface area contributed by atoms with Crippen LogP contribution in [0.1, 0.15) is 10.4 Å². The molecule has 24 heavy (non-hydrogen) atoms. The summed E-state index contributed by atoms with van der Waals surface area (Å²) in [7, 11) is 3.74. The molecule has 2 amide bonds. The van der Waals surface area contributed by atoms with Crippen LogP contribution in [-0.2, 0) is 4.79 Å². The number of nitrogens with one attached hydrogen (secondary N) is 2. The molecule has 1 aliphatic heterocycles. The third-order valence-corrected chi connectivity index (χ3v) is 3.55. The second-order valence-electron chi connectivity index (χ2n) is 5.57. The molecule has 0 unspecified atom stereocenters. The zero-order chi connectivity index (χ0) is 17.3. The molecule has 7 heteroatoms. The Morgan fingerprint density at radius 3 is 2.83 bits per heavy atom. The predicted molar refractivity (Wildman–Crippen MR) is 89.2 cm³/mol. The third kappa shape index (κ3) is 3.15. The number of fused-ring (bicyclic) bond motifs is 1. The summed E-state index contributed by atoms with van der Waals surface area (Å²) >= 11 is 0. The van der Waals surface area contributed by atoms with Crippen LogP contribution in [0.3, 0.4) is 0 Å². The van der Waals surface area contributed by atoms with Crippen LogP contribution in [0.5, 0.6) is 5.75 Å². The maximum atomic E-state index is 13.7. The number of amides is 2. The number of benzene rings is 2. The maximum Gasteiger partial charge on any atom is 0.262 e. The van der Waals surface area contributed by atoms with E-state index in [2.05, 4.69) is 10.6 Å².